The van der Waals surface area contributed by atoms with Crippen molar-refractivity contribution in [3.8, 4) is 5.69 Å². The van der Waals surface area contributed by atoms with Crippen molar-refractivity contribution in [2.24, 2.45) is 0 Å². The number of hydrogen-bond donors (Lipinski definition) is 0. The first-order valence-electron chi connectivity index (χ1n) is 9.66. The van der Waals surface area contributed by atoms with Crippen molar-refractivity contribution < 1.29 is 4.79 Å². The number of piperidine rings is 1. The van der Waals surface area contributed by atoms with Gasteiger partial charge < -0.3 is 4.90 Å². The zero-order chi connectivity index (χ0) is 19.9. The minimum absolute atomic E-state index is 0. The summed E-state index contributed by atoms with van der Waals surface area (Å²) >= 11 is 0. The summed E-state index contributed by atoms with van der Waals surface area (Å²) in [5, 5.41) is 0. The second kappa shape index (κ2) is 10.4. The molecular formula is C25H30N2O2. The van der Waals surface area contributed by atoms with E-state index in [4.69, 9.17) is 0 Å². The average molecular weight is 391 g/mol. The van der Waals surface area contributed by atoms with E-state index >= 15 is 0 Å². The standard InChI is InChI=1S/C12H15NO.C12H11NO.CH4/c2*1-10-5-7-11(8-6-10)13-9-3-2-4-12(13)14;/h5-8H,2-4,9H2,1H3;2-9H,1H3;1H4. The Kier molecular flexibility index (Phi) is 7.96. The summed E-state index contributed by atoms with van der Waals surface area (Å²) in [7, 11) is 0. The molecule has 1 aromatic heterocycles. The summed E-state index contributed by atoms with van der Waals surface area (Å²) in [5.74, 6) is 0.264. The predicted molar refractivity (Wildman–Crippen MR) is 121 cm³/mol. The Balaban J connectivity index is 0.000000200. The van der Waals surface area contributed by atoms with Crippen LogP contribution < -0.4 is 10.5 Å². The summed E-state index contributed by atoms with van der Waals surface area (Å²) in [5.41, 5.74) is 4.37. The first-order chi connectivity index (χ1) is 13.5. The third-order valence-corrected chi connectivity index (χ3v) is 4.80. The Labute approximate surface area is 173 Å². The van der Waals surface area contributed by atoms with Crippen molar-refractivity contribution in [1.29, 1.82) is 0 Å². The number of anilines is 1. The smallest absolute Gasteiger partial charge is 0.255 e. The molecule has 1 fully saturated rings. The monoisotopic (exact) mass is 390 g/mol. The third-order valence-electron chi connectivity index (χ3n) is 4.80. The minimum atomic E-state index is -0.00338. The molecule has 1 saturated heterocycles. The van der Waals surface area contributed by atoms with Crippen molar-refractivity contribution in [1.82, 2.24) is 4.57 Å². The molecule has 0 aliphatic carbocycles. The zero-order valence-corrected chi connectivity index (χ0v) is 16.5. The maximum absolute atomic E-state index is 11.6. The molecule has 1 aliphatic heterocycles. The van der Waals surface area contributed by atoms with Crippen LogP contribution in [0.5, 0.6) is 0 Å². The number of amides is 1. The summed E-state index contributed by atoms with van der Waals surface area (Å²) in [6, 6.07) is 21.2. The topological polar surface area (TPSA) is 42.3 Å². The SMILES string of the molecule is C.Cc1ccc(-n2ccccc2=O)cc1.Cc1ccc(N2CCCCC2=O)cc1. The van der Waals surface area contributed by atoms with E-state index in [2.05, 4.69) is 19.1 Å². The molecule has 29 heavy (non-hydrogen) atoms. The molecule has 0 spiro atoms. The highest BCUT2D eigenvalue weighted by Crippen LogP contribution is 2.20. The second-order valence-electron chi connectivity index (χ2n) is 7.08. The fourth-order valence-electron chi connectivity index (χ4n) is 3.15. The van der Waals surface area contributed by atoms with Gasteiger partial charge in [-0.05, 0) is 57.0 Å². The molecule has 0 unspecified atom stereocenters. The lowest BCUT2D eigenvalue weighted by Gasteiger charge is -2.26. The molecule has 0 atom stereocenters. The first kappa shape index (κ1) is 22.2. The minimum Gasteiger partial charge on any atom is -0.312 e. The molecule has 0 N–H and O–H groups in total. The molecule has 1 amide bonds. The lowest BCUT2D eigenvalue weighted by molar-refractivity contribution is -0.119. The highest BCUT2D eigenvalue weighted by atomic mass is 16.2. The number of rotatable bonds is 2. The van der Waals surface area contributed by atoms with Crippen LogP contribution in [0.2, 0.25) is 0 Å². The van der Waals surface area contributed by atoms with Gasteiger partial charge in [-0.25, -0.2) is 0 Å². The van der Waals surface area contributed by atoms with Crippen LogP contribution in [-0.4, -0.2) is 17.0 Å². The lowest BCUT2D eigenvalue weighted by atomic mass is 10.1. The van der Waals surface area contributed by atoms with Crippen LogP contribution in [0.3, 0.4) is 0 Å². The number of aromatic nitrogens is 1. The van der Waals surface area contributed by atoms with Gasteiger partial charge in [-0.1, -0.05) is 48.9 Å². The van der Waals surface area contributed by atoms with Gasteiger partial charge in [0.2, 0.25) is 5.91 Å². The van der Waals surface area contributed by atoms with E-state index in [0.717, 1.165) is 30.8 Å². The van der Waals surface area contributed by atoms with Gasteiger partial charge in [0.05, 0.1) is 0 Å². The van der Waals surface area contributed by atoms with Crippen molar-refractivity contribution in [3.63, 3.8) is 0 Å². The number of pyridine rings is 1. The number of aryl methyl sites for hydroxylation is 2. The fourth-order valence-corrected chi connectivity index (χ4v) is 3.15. The third kappa shape index (κ3) is 5.92. The predicted octanol–water partition coefficient (Wildman–Crippen LogP) is 5.29. The van der Waals surface area contributed by atoms with Crippen molar-refractivity contribution in [2.45, 2.75) is 40.5 Å². The quantitative estimate of drug-likeness (QED) is 0.596. The summed E-state index contributed by atoms with van der Waals surface area (Å²) in [6.45, 7) is 4.96. The van der Waals surface area contributed by atoms with Crippen LogP contribution in [0, 0.1) is 13.8 Å². The largest absolute Gasteiger partial charge is 0.312 e. The maximum atomic E-state index is 11.6. The van der Waals surface area contributed by atoms with E-state index in [1.165, 1.54) is 11.1 Å². The second-order valence-corrected chi connectivity index (χ2v) is 7.08. The van der Waals surface area contributed by atoms with Crippen molar-refractivity contribution >= 4 is 11.6 Å². The van der Waals surface area contributed by atoms with E-state index in [-0.39, 0.29) is 18.9 Å². The van der Waals surface area contributed by atoms with Crippen LogP contribution in [0.1, 0.15) is 37.8 Å². The van der Waals surface area contributed by atoms with E-state index in [1.807, 2.05) is 54.3 Å². The fraction of sp³-hybridized carbons (Fsp3) is 0.280. The maximum Gasteiger partial charge on any atom is 0.255 e. The molecule has 4 rings (SSSR count). The molecular weight excluding hydrogens is 360 g/mol. The normalized spacial score (nSPS) is 13.2. The van der Waals surface area contributed by atoms with Crippen LogP contribution in [-0.2, 0) is 4.79 Å². The van der Waals surface area contributed by atoms with Crippen LogP contribution in [0.15, 0.2) is 77.7 Å². The van der Waals surface area contributed by atoms with Crippen LogP contribution in [0.25, 0.3) is 5.69 Å². The Bertz CT molecular complexity index is 973. The summed E-state index contributed by atoms with van der Waals surface area (Å²) < 4.78 is 1.62. The van der Waals surface area contributed by atoms with Gasteiger partial charge in [-0.15, -0.1) is 0 Å². The van der Waals surface area contributed by atoms with Gasteiger partial charge in [-0.2, -0.15) is 0 Å². The van der Waals surface area contributed by atoms with Gasteiger partial charge in [0.1, 0.15) is 0 Å². The van der Waals surface area contributed by atoms with Gasteiger partial charge in [0.25, 0.3) is 5.56 Å². The van der Waals surface area contributed by atoms with E-state index in [9.17, 15) is 9.59 Å². The lowest BCUT2D eigenvalue weighted by Crippen LogP contribution is -2.35. The van der Waals surface area contributed by atoms with Crippen LogP contribution in [0.4, 0.5) is 5.69 Å². The Morgan fingerprint density at radius 2 is 1.31 bits per heavy atom. The van der Waals surface area contributed by atoms with Crippen molar-refractivity contribution in [3.05, 3.63) is 94.4 Å². The van der Waals surface area contributed by atoms with E-state index < -0.39 is 0 Å². The molecule has 4 heteroatoms. The van der Waals surface area contributed by atoms with Gasteiger partial charge in [0, 0.05) is 36.6 Å². The molecule has 152 valence electrons. The first-order valence-corrected chi connectivity index (χ1v) is 9.66. The molecule has 4 nitrogen and oxygen atoms in total. The van der Waals surface area contributed by atoms with E-state index in [0.29, 0.717) is 6.42 Å². The number of carbonyl (C=O) groups is 1. The molecule has 0 bridgehead atoms. The zero-order valence-electron chi connectivity index (χ0n) is 16.5. The molecule has 3 aromatic rings. The molecule has 1 aliphatic rings. The Hall–Kier alpha value is -3.14. The summed E-state index contributed by atoms with van der Waals surface area (Å²) in [4.78, 5) is 25.0. The molecule has 2 heterocycles. The highest BCUT2D eigenvalue weighted by Gasteiger charge is 2.18. The molecule has 0 saturated carbocycles. The summed E-state index contributed by atoms with van der Waals surface area (Å²) in [6.07, 6.45) is 4.64. The number of benzene rings is 2. The van der Waals surface area contributed by atoms with Gasteiger partial charge >= 0.3 is 0 Å². The number of nitrogens with zero attached hydrogens (tertiary/aromatic N) is 2. The van der Waals surface area contributed by atoms with E-state index in [1.54, 1.807) is 22.9 Å². The number of carbonyl (C=O) groups excluding carboxylic acids is 1. The van der Waals surface area contributed by atoms with Crippen molar-refractivity contribution in [2.75, 3.05) is 11.4 Å². The number of hydrogen-bond acceptors (Lipinski definition) is 2. The van der Waals surface area contributed by atoms with Crippen LogP contribution >= 0.6 is 0 Å². The van der Waals surface area contributed by atoms with Gasteiger partial charge in [0.15, 0.2) is 0 Å². The average Bonchev–Trinajstić information content (AvgIpc) is 2.71. The van der Waals surface area contributed by atoms with Gasteiger partial charge in [-0.3, -0.25) is 14.2 Å². The Morgan fingerprint density at radius 1 is 0.724 bits per heavy atom. The highest BCUT2D eigenvalue weighted by molar-refractivity contribution is 5.93. The molecule has 2 aromatic carbocycles. The Morgan fingerprint density at radius 3 is 1.86 bits per heavy atom. The molecule has 0 radical (unpaired) electrons.